The summed E-state index contributed by atoms with van der Waals surface area (Å²) in [5.74, 6) is 0.223. The maximum atomic E-state index is 10.6. The molecular formula is C11H9N3O. The first-order valence-corrected chi connectivity index (χ1v) is 4.52. The molecule has 0 saturated carbocycles. The lowest BCUT2D eigenvalue weighted by molar-refractivity contribution is 1.17. The number of nitrogens with zero attached hydrogens (tertiary/aromatic N) is 3. The lowest BCUT2D eigenvalue weighted by Gasteiger charge is -2.03. The van der Waals surface area contributed by atoms with Gasteiger partial charge in [-0.05, 0) is 41.9 Å². The van der Waals surface area contributed by atoms with Gasteiger partial charge in [-0.15, -0.1) is 4.91 Å². The Kier molecular flexibility index (Phi) is 2.49. The number of hydrogen-bond acceptors (Lipinski definition) is 4. The van der Waals surface area contributed by atoms with E-state index in [0.29, 0.717) is 0 Å². The van der Waals surface area contributed by atoms with E-state index >= 15 is 0 Å². The van der Waals surface area contributed by atoms with Crippen LogP contribution in [0.1, 0.15) is 5.69 Å². The molecule has 0 radical (unpaired) electrons. The molecular weight excluding hydrogens is 190 g/mol. The van der Waals surface area contributed by atoms with E-state index in [9.17, 15) is 4.91 Å². The highest BCUT2D eigenvalue weighted by Crippen LogP contribution is 2.27. The van der Waals surface area contributed by atoms with E-state index in [0.717, 1.165) is 16.8 Å². The van der Waals surface area contributed by atoms with Crippen molar-refractivity contribution in [3.8, 4) is 11.1 Å². The van der Waals surface area contributed by atoms with Crippen LogP contribution < -0.4 is 0 Å². The number of nitroso groups, excluding NO2 is 1. The molecule has 0 unspecified atom stereocenters. The van der Waals surface area contributed by atoms with E-state index < -0.39 is 0 Å². The molecule has 4 heteroatoms. The normalized spacial score (nSPS) is 9.93. The van der Waals surface area contributed by atoms with E-state index in [4.69, 9.17) is 0 Å². The number of aromatic nitrogens is 2. The number of aryl methyl sites for hydroxylation is 1. The zero-order valence-corrected chi connectivity index (χ0v) is 8.21. The summed E-state index contributed by atoms with van der Waals surface area (Å²) >= 11 is 0. The van der Waals surface area contributed by atoms with Gasteiger partial charge in [0.15, 0.2) is 0 Å². The van der Waals surface area contributed by atoms with Crippen LogP contribution in [0.2, 0.25) is 0 Å². The first-order valence-electron chi connectivity index (χ1n) is 4.52. The molecule has 0 saturated heterocycles. The summed E-state index contributed by atoms with van der Waals surface area (Å²) in [6.45, 7) is 1.82. The molecule has 0 atom stereocenters. The Balaban J connectivity index is 2.58. The summed E-state index contributed by atoms with van der Waals surface area (Å²) in [5.41, 5.74) is 2.41. The molecule has 0 bridgehead atoms. The Bertz CT molecular complexity index is 482. The van der Waals surface area contributed by atoms with E-state index in [-0.39, 0.29) is 5.82 Å². The Morgan fingerprint density at radius 3 is 2.53 bits per heavy atom. The van der Waals surface area contributed by atoms with E-state index in [1.807, 2.05) is 31.2 Å². The molecule has 0 aliphatic heterocycles. The van der Waals surface area contributed by atoms with E-state index in [1.165, 1.54) is 0 Å². The van der Waals surface area contributed by atoms with E-state index in [1.54, 1.807) is 12.4 Å². The molecule has 0 fully saturated rings. The fourth-order valence-corrected chi connectivity index (χ4v) is 1.37. The molecule has 15 heavy (non-hydrogen) atoms. The van der Waals surface area contributed by atoms with Crippen molar-refractivity contribution in [3.63, 3.8) is 0 Å². The molecule has 2 aromatic heterocycles. The lowest BCUT2D eigenvalue weighted by Crippen LogP contribution is -1.85. The van der Waals surface area contributed by atoms with Crippen LogP contribution in [0, 0.1) is 11.8 Å². The van der Waals surface area contributed by atoms with Crippen molar-refractivity contribution in [1.29, 1.82) is 0 Å². The van der Waals surface area contributed by atoms with Gasteiger partial charge in [-0.1, -0.05) is 0 Å². The summed E-state index contributed by atoms with van der Waals surface area (Å²) in [5, 5.41) is 2.93. The van der Waals surface area contributed by atoms with Gasteiger partial charge in [0.05, 0.1) is 0 Å². The fraction of sp³-hybridized carbons (Fsp3) is 0.0909. The molecule has 4 nitrogen and oxygen atoms in total. The maximum absolute atomic E-state index is 10.6. The lowest BCUT2D eigenvalue weighted by atomic mass is 10.1. The molecule has 0 aliphatic rings. The minimum Gasteiger partial charge on any atom is -0.265 e. The summed E-state index contributed by atoms with van der Waals surface area (Å²) in [4.78, 5) is 18.6. The Hall–Kier alpha value is -2.10. The average molecular weight is 199 g/mol. The van der Waals surface area contributed by atoms with Crippen molar-refractivity contribution in [2.75, 3.05) is 0 Å². The topological polar surface area (TPSA) is 55.2 Å². The van der Waals surface area contributed by atoms with Crippen molar-refractivity contribution in [2.45, 2.75) is 6.92 Å². The van der Waals surface area contributed by atoms with Gasteiger partial charge in [-0.2, -0.15) is 0 Å². The third kappa shape index (κ3) is 1.88. The number of rotatable bonds is 2. The number of pyridine rings is 2. The van der Waals surface area contributed by atoms with Gasteiger partial charge in [0.2, 0.25) is 5.82 Å². The average Bonchev–Trinajstić information content (AvgIpc) is 2.30. The number of hydrogen-bond donors (Lipinski definition) is 0. The van der Waals surface area contributed by atoms with Crippen LogP contribution in [0.25, 0.3) is 11.1 Å². The van der Waals surface area contributed by atoms with Crippen molar-refractivity contribution in [3.05, 3.63) is 47.3 Å². The highest BCUT2D eigenvalue weighted by molar-refractivity contribution is 5.72. The smallest absolute Gasteiger partial charge is 0.204 e. The van der Waals surface area contributed by atoms with Crippen molar-refractivity contribution < 1.29 is 0 Å². The molecule has 74 valence electrons. The minimum absolute atomic E-state index is 0.223. The van der Waals surface area contributed by atoms with Gasteiger partial charge in [0.1, 0.15) is 0 Å². The summed E-state index contributed by atoms with van der Waals surface area (Å²) in [7, 11) is 0. The standard InChI is InChI=1S/C11H9N3O/c1-8-2-3-10(11(13-8)14-15)9-4-6-12-7-5-9/h2-7H,1H3. The van der Waals surface area contributed by atoms with Crippen molar-refractivity contribution >= 4 is 5.82 Å². The van der Waals surface area contributed by atoms with Crippen LogP contribution in [0.5, 0.6) is 0 Å². The first kappa shape index (κ1) is 9.45. The van der Waals surface area contributed by atoms with Gasteiger partial charge >= 0.3 is 0 Å². The molecule has 0 N–H and O–H groups in total. The second-order valence-electron chi connectivity index (χ2n) is 3.15. The van der Waals surface area contributed by atoms with Crippen LogP contribution in [0.15, 0.2) is 41.8 Å². The predicted octanol–water partition coefficient (Wildman–Crippen LogP) is 2.85. The summed E-state index contributed by atoms with van der Waals surface area (Å²) in [6.07, 6.45) is 3.34. The van der Waals surface area contributed by atoms with Crippen LogP contribution in [-0.4, -0.2) is 9.97 Å². The SMILES string of the molecule is Cc1ccc(-c2ccncc2)c(N=O)n1. The molecule has 2 aromatic rings. The van der Waals surface area contributed by atoms with Gasteiger partial charge in [-0.25, -0.2) is 4.98 Å². The third-order valence-electron chi connectivity index (χ3n) is 2.09. The minimum atomic E-state index is 0.223. The second kappa shape index (κ2) is 3.96. The van der Waals surface area contributed by atoms with Crippen molar-refractivity contribution in [1.82, 2.24) is 9.97 Å². The fourth-order valence-electron chi connectivity index (χ4n) is 1.37. The largest absolute Gasteiger partial charge is 0.265 e. The Morgan fingerprint density at radius 1 is 1.13 bits per heavy atom. The predicted molar refractivity (Wildman–Crippen MR) is 57.7 cm³/mol. The highest BCUT2D eigenvalue weighted by Gasteiger charge is 2.06. The van der Waals surface area contributed by atoms with Crippen LogP contribution in [0.3, 0.4) is 0 Å². The Labute approximate surface area is 87.0 Å². The highest BCUT2D eigenvalue weighted by atomic mass is 16.3. The first-order chi connectivity index (χ1) is 7.31. The zero-order chi connectivity index (χ0) is 10.7. The van der Waals surface area contributed by atoms with E-state index in [2.05, 4.69) is 15.1 Å². The van der Waals surface area contributed by atoms with Gasteiger partial charge in [0.25, 0.3) is 0 Å². The second-order valence-corrected chi connectivity index (χ2v) is 3.15. The zero-order valence-electron chi connectivity index (χ0n) is 8.21. The van der Waals surface area contributed by atoms with Crippen LogP contribution in [0.4, 0.5) is 5.82 Å². The molecule has 0 aliphatic carbocycles. The molecule has 0 spiro atoms. The molecule has 2 heterocycles. The molecule has 0 aromatic carbocycles. The van der Waals surface area contributed by atoms with Crippen LogP contribution in [-0.2, 0) is 0 Å². The Morgan fingerprint density at radius 2 is 1.87 bits per heavy atom. The maximum Gasteiger partial charge on any atom is 0.204 e. The summed E-state index contributed by atoms with van der Waals surface area (Å²) in [6, 6.07) is 7.33. The van der Waals surface area contributed by atoms with Gasteiger partial charge in [-0.3, -0.25) is 4.98 Å². The van der Waals surface area contributed by atoms with Crippen LogP contribution >= 0.6 is 0 Å². The van der Waals surface area contributed by atoms with Gasteiger partial charge < -0.3 is 0 Å². The quantitative estimate of drug-likeness (QED) is 0.699. The van der Waals surface area contributed by atoms with Gasteiger partial charge in [0, 0.05) is 23.7 Å². The monoisotopic (exact) mass is 199 g/mol. The van der Waals surface area contributed by atoms with Crippen molar-refractivity contribution in [2.24, 2.45) is 5.18 Å². The molecule has 2 rings (SSSR count). The summed E-state index contributed by atoms with van der Waals surface area (Å²) < 4.78 is 0. The third-order valence-corrected chi connectivity index (χ3v) is 2.09. The molecule has 0 amide bonds.